The van der Waals surface area contributed by atoms with Crippen molar-refractivity contribution in [1.29, 1.82) is 10.5 Å². The lowest BCUT2D eigenvalue weighted by molar-refractivity contribution is 0.0669. The summed E-state index contributed by atoms with van der Waals surface area (Å²) in [7, 11) is 0. The predicted octanol–water partition coefficient (Wildman–Crippen LogP) is 24.8. The number of amides is 4. The Morgan fingerprint density at radius 2 is 0.569 bits per heavy atom. The van der Waals surface area contributed by atoms with Crippen molar-refractivity contribution >= 4 is 46.4 Å². The van der Waals surface area contributed by atoms with Crippen LogP contribution in [0.3, 0.4) is 0 Å². The molecule has 4 rings (SSSR count). The molecule has 0 aliphatic rings. The van der Waals surface area contributed by atoms with Crippen LogP contribution in [0.1, 0.15) is 380 Å². The number of carbonyl (C=O) groups excluding carboxylic acids is 4. The average molecular weight is 1600 g/mol. The number of hydrogen-bond acceptors (Lipinski definition) is 14. The van der Waals surface area contributed by atoms with Crippen LogP contribution < -0.4 is 11.1 Å². The maximum atomic E-state index is 15.9. The Balaban J connectivity index is 2.06. The molecule has 2 aromatic heterocycles. The highest BCUT2D eigenvalue weighted by Crippen LogP contribution is 2.36. The summed E-state index contributed by atoms with van der Waals surface area (Å²) in [5.41, 5.74) is -2.07. The maximum Gasteiger partial charge on any atom is 0.281 e. The highest BCUT2D eigenvalue weighted by Gasteiger charge is 2.33. The predicted molar refractivity (Wildman–Crippen MR) is 475 cm³/mol. The van der Waals surface area contributed by atoms with Gasteiger partial charge in [-0.1, -0.05) is 265 Å². The number of nitrogens with zero attached hydrogens (tertiary/aromatic N) is 12. The van der Waals surface area contributed by atoms with Crippen LogP contribution in [-0.2, 0) is 13.1 Å². The fraction of sp³-hybridized carbons (Fsp3) is 0.708. The summed E-state index contributed by atoms with van der Waals surface area (Å²) in [4.78, 5) is 101. The lowest BCUT2D eigenvalue weighted by Gasteiger charge is -2.32. The molecule has 0 bridgehead atoms. The second-order valence-corrected chi connectivity index (χ2v) is 33.5. The number of benzene rings is 2. The van der Waals surface area contributed by atoms with Crippen LogP contribution in [-0.4, -0.2) is 115 Å². The molecule has 0 saturated carbocycles. The first-order valence-electron chi connectivity index (χ1n) is 46.0. The van der Waals surface area contributed by atoms with E-state index in [0.717, 1.165) is 215 Å². The monoisotopic (exact) mass is 1600 g/mol. The van der Waals surface area contributed by atoms with Crippen molar-refractivity contribution in [2.24, 2.45) is 67.8 Å². The summed E-state index contributed by atoms with van der Waals surface area (Å²) in [6, 6.07) is 13.9. The van der Waals surface area contributed by atoms with Crippen LogP contribution in [0.2, 0.25) is 0 Å². The van der Waals surface area contributed by atoms with E-state index in [0.29, 0.717) is 63.5 Å². The SMILES string of the molecule is CCCCC(CC)CN(CC(CC)CCCC)C(=O)c1ccc(N=Nc2c(C)c(C#N)c(O)n(CCn3c(O)c(C#N)c(C)c(N=Nc4ccc(C(=O)N(CC(CC)CCCC)CC(CC)CCCC)cc4C(=O)N(CC(CC)CCCC)CC(CC)CCCC)c3=O)c2=O)c(C(=O)N(CC(CC)CCCC)CC(CC)CCCC)c1. The molecule has 4 amide bonds. The Hall–Kier alpha value is -8.00. The molecular formula is C96H154N12O8. The standard InChI is InChI=1S/C96H154N12O8/c1-19-35-43-71(27-9)61-103(62-72(28-10)44-36-20-2)89(109)79-51-53-85(81(57-79)91(111)105(65-75(31-13)47-39-23-5)66-76(32-14)48-40-24-6)99-101-87-69(17)83(59-97)93(113)107(95(87)115)55-56-108-94(114)84(60-98)70(18)88(96(108)116)102-100-86-54-52-80(90(110)104(63-73(29-11)45-37-21-3)64-74(30-12)46-38-22-4)58-82(86)92(112)106(67-77(33-15)49-41-25-7)68-78(34-16)50-42-26-8/h51-54,57-58,71-78,113-114H,19-50,55-56,61-68H2,1-18H3. The minimum absolute atomic E-state index is 0.0126. The number of rotatable bonds is 59. The summed E-state index contributed by atoms with van der Waals surface area (Å²) in [5, 5.41) is 64.0. The van der Waals surface area contributed by atoms with Gasteiger partial charge >= 0.3 is 0 Å². The van der Waals surface area contributed by atoms with Crippen molar-refractivity contribution in [3.8, 4) is 23.9 Å². The van der Waals surface area contributed by atoms with Crippen LogP contribution >= 0.6 is 0 Å². The molecule has 2 heterocycles. The highest BCUT2D eigenvalue weighted by atomic mass is 16.3. The van der Waals surface area contributed by atoms with E-state index in [1.807, 2.05) is 31.7 Å². The first kappa shape index (κ1) is 100. The third kappa shape index (κ3) is 30.1. The summed E-state index contributed by atoms with van der Waals surface area (Å²) in [5.74, 6) is -0.530. The third-order valence-electron chi connectivity index (χ3n) is 24.9. The number of unbranched alkanes of at least 4 members (excludes halogenated alkanes) is 8. The number of nitriles is 2. The lowest BCUT2D eigenvalue weighted by Crippen LogP contribution is -2.40. The van der Waals surface area contributed by atoms with E-state index in [9.17, 15) is 20.7 Å². The highest BCUT2D eigenvalue weighted by molar-refractivity contribution is 6.04. The molecule has 4 aromatic rings. The average Bonchev–Trinajstić information content (AvgIpc) is 0.778. The molecule has 646 valence electrons. The van der Waals surface area contributed by atoms with Gasteiger partial charge in [0.25, 0.3) is 34.7 Å². The summed E-state index contributed by atoms with van der Waals surface area (Å²) in [6.45, 7) is 40.9. The minimum atomic E-state index is -0.920. The molecule has 0 spiro atoms. The van der Waals surface area contributed by atoms with Gasteiger partial charge in [0.15, 0.2) is 11.4 Å². The number of hydrogen-bond donors (Lipinski definition) is 2. The van der Waals surface area contributed by atoms with Gasteiger partial charge in [-0.05, 0) is 149 Å². The normalized spacial score (nSPS) is 13.8. The van der Waals surface area contributed by atoms with Crippen molar-refractivity contribution < 1.29 is 29.4 Å². The topological polar surface area (TPSA) is 263 Å². The molecule has 0 saturated heterocycles. The molecule has 8 atom stereocenters. The zero-order valence-corrected chi connectivity index (χ0v) is 75.5. The van der Waals surface area contributed by atoms with E-state index >= 15 is 28.8 Å². The van der Waals surface area contributed by atoms with Crippen LogP contribution in [0, 0.1) is 83.9 Å². The summed E-state index contributed by atoms with van der Waals surface area (Å²) < 4.78 is 1.70. The van der Waals surface area contributed by atoms with Gasteiger partial charge in [-0.3, -0.25) is 37.9 Å². The third-order valence-corrected chi connectivity index (χ3v) is 24.9. The fourth-order valence-corrected chi connectivity index (χ4v) is 16.3. The Morgan fingerprint density at radius 1 is 0.353 bits per heavy atom. The number of carbonyl (C=O) groups is 4. The minimum Gasteiger partial charge on any atom is -0.493 e. The van der Waals surface area contributed by atoms with Crippen LogP contribution in [0.4, 0.5) is 22.7 Å². The molecule has 0 fully saturated rings. The van der Waals surface area contributed by atoms with Gasteiger partial charge < -0.3 is 29.8 Å². The smallest absolute Gasteiger partial charge is 0.281 e. The molecule has 0 radical (unpaired) electrons. The first-order valence-corrected chi connectivity index (χ1v) is 46.0. The number of azo groups is 2. The summed E-state index contributed by atoms with van der Waals surface area (Å²) >= 11 is 0. The van der Waals surface area contributed by atoms with Crippen molar-refractivity contribution in [3.63, 3.8) is 0 Å². The van der Waals surface area contributed by atoms with E-state index in [2.05, 4.69) is 121 Å². The molecular weight excluding hydrogens is 1450 g/mol. The van der Waals surface area contributed by atoms with Crippen molar-refractivity contribution in [2.75, 3.05) is 52.4 Å². The van der Waals surface area contributed by atoms with Gasteiger partial charge in [0.2, 0.25) is 11.8 Å². The number of pyridine rings is 2. The molecule has 20 nitrogen and oxygen atoms in total. The Morgan fingerprint density at radius 3 is 0.767 bits per heavy atom. The quantitative estimate of drug-likeness (QED) is 0.0395. The Labute approximate surface area is 700 Å². The fourth-order valence-electron chi connectivity index (χ4n) is 16.3. The van der Waals surface area contributed by atoms with Crippen molar-refractivity contribution in [1.82, 2.24) is 28.7 Å². The van der Waals surface area contributed by atoms with Gasteiger partial charge in [0.05, 0.1) is 22.5 Å². The van der Waals surface area contributed by atoms with Crippen molar-refractivity contribution in [3.05, 3.63) is 102 Å². The van der Waals surface area contributed by atoms with Gasteiger partial charge in [-0.25, -0.2) is 0 Å². The van der Waals surface area contributed by atoms with E-state index < -0.39 is 36.0 Å². The molecule has 20 heteroatoms. The molecule has 0 aliphatic carbocycles. The zero-order chi connectivity index (χ0) is 85.8. The lowest BCUT2D eigenvalue weighted by atomic mass is 9.94. The number of aromatic hydroxyl groups is 2. The van der Waals surface area contributed by atoms with Crippen LogP contribution in [0.15, 0.2) is 66.4 Å². The Kier molecular flexibility index (Phi) is 47.5. The van der Waals surface area contributed by atoms with E-state index in [1.54, 1.807) is 36.4 Å². The molecule has 2 aromatic carbocycles. The zero-order valence-electron chi connectivity index (χ0n) is 75.5. The maximum absolute atomic E-state index is 15.9. The van der Waals surface area contributed by atoms with Gasteiger partial charge in [0, 0.05) is 87.7 Å². The van der Waals surface area contributed by atoms with Gasteiger partial charge in [-0.15, -0.1) is 20.5 Å². The van der Waals surface area contributed by atoms with Gasteiger partial charge in [-0.2, -0.15) is 10.5 Å². The Bertz CT molecular complexity index is 3600. The second-order valence-electron chi connectivity index (χ2n) is 33.5. The molecule has 8 unspecified atom stereocenters. The van der Waals surface area contributed by atoms with E-state index in [-0.39, 0.29) is 127 Å². The van der Waals surface area contributed by atoms with Crippen LogP contribution in [0.5, 0.6) is 11.8 Å². The van der Waals surface area contributed by atoms with Gasteiger partial charge in [0.1, 0.15) is 23.3 Å². The van der Waals surface area contributed by atoms with E-state index in [4.69, 9.17) is 10.2 Å². The molecule has 2 N–H and O–H groups in total. The molecule has 0 aliphatic heterocycles. The number of aromatic nitrogens is 2. The van der Waals surface area contributed by atoms with E-state index in [1.165, 1.54) is 13.8 Å². The summed E-state index contributed by atoms with van der Waals surface area (Å²) in [6.07, 6.45) is 31.3. The largest absolute Gasteiger partial charge is 0.493 e. The first-order chi connectivity index (χ1) is 55.9. The second kappa shape index (κ2) is 54.9. The van der Waals surface area contributed by atoms with Crippen molar-refractivity contribution in [2.45, 2.75) is 343 Å². The van der Waals surface area contributed by atoms with Crippen LogP contribution in [0.25, 0.3) is 0 Å². The molecule has 116 heavy (non-hydrogen) atoms.